The van der Waals surface area contributed by atoms with Crippen LogP contribution in [0.3, 0.4) is 0 Å². The Labute approximate surface area is 136 Å². The fourth-order valence-electron chi connectivity index (χ4n) is 2.02. The standard InChI is InChI=1S/C14H9BrF3N3O2/c15-9-1-2-11-8(3-9)4-12(23-11)13(22)20-10-5-19-21(6-10)7-14(16,17)18/h1-6H,7H2,(H,20,22). The van der Waals surface area contributed by atoms with Crippen LogP contribution in [0.4, 0.5) is 18.9 Å². The average Bonchev–Trinajstić information content (AvgIpc) is 3.03. The van der Waals surface area contributed by atoms with E-state index in [1.54, 1.807) is 24.3 Å². The molecule has 1 amide bonds. The number of alkyl halides is 3. The Morgan fingerprint density at radius 2 is 2.13 bits per heavy atom. The van der Waals surface area contributed by atoms with Gasteiger partial charge in [0, 0.05) is 16.1 Å². The second-order valence-corrected chi connectivity index (χ2v) is 5.70. The van der Waals surface area contributed by atoms with Crippen molar-refractivity contribution >= 4 is 38.5 Å². The fourth-order valence-corrected chi connectivity index (χ4v) is 2.40. The number of anilines is 1. The number of amides is 1. The van der Waals surface area contributed by atoms with Crippen LogP contribution in [0.25, 0.3) is 11.0 Å². The maximum absolute atomic E-state index is 12.3. The zero-order valence-electron chi connectivity index (χ0n) is 11.4. The molecule has 5 nitrogen and oxygen atoms in total. The van der Waals surface area contributed by atoms with E-state index >= 15 is 0 Å². The van der Waals surface area contributed by atoms with Crippen LogP contribution in [-0.4, -0.2) is 21.9 Å². The number of carbonyl (C=O) groups is 1. The van der Waals surface area contributed by atoms with Gasteiger partial charge in [0.1, 0.15) is 12.1 Å². The first-order valence-electron chi connectivity index (χ1n) is 6.40. The minimum Gasteiger partial charge on any atom is -0.451 e. The minimum atomic E-state index is -4.38. The largest absolute Gasteiger partial charge is 0.451 e. The molecule has 0 spiro atoms. The molecule has 0 radical (unpaired) electrons. The predicted octanol–water partition coefficient (Wildman–Crippen LogP) is 4.21. The van der Waals surface area contributed by atoms with Crippen LogP contribution in [0, 0.1) is 0 Å². The second kappa shape index (κ2) is 5.73. The van der Waals surface area contributed by atoms with E-state index in [1.807, 2.05) is 0 Å². The summed E-state index contributed by atoms with van der Waals surface area (Å²) < 4.78 is 43.7. The van der Waals surface area contributed by atoms with Crippen LogP contribution >= 0.6 is 15.9 Å². The molecular formula is C14H9BrF3N3O2. The number of halogens is 4. The molecule has 3 rings (SSSR count). The van der Waals surface area contributed by atoms with Crippen LogP contribution in [0.15, 0.2) is 45.5 Å². The zero-order chi connectivity index (χ0) is 16.6. The summed E-state index contributed by atoms with van der Waals surface area (Å²) in [6, 6.07) is 6.82. The first-order valence-corrected chi connectivity index (χ1v) is 7.19. The third kappa shape index (κ3) is 3.73. The maximum atomic E-state index is 12.3. The highest BCUT2D eigenvalue weighted by Crippen LogP contribution is 2.24. The summed E-state index contributed by atoms with van der Waals surface area (Å²) in [4.78, 5) is 12.1. The van der Waals surface area contributed by atoms with Crippen molar-refractivity contribution in [3.05, 3.63) is 46.9 Å². The lowest BCUT2D eigenvalue weighted by Gasteiger charge is -2.05. The number of hydrogen-bond donors (Lipinski definition) is 1. The highest BCUT2D eigenvalue weighted by Gasteiger charge is 2.28. The summed E-state index contributed by atoms with van der Waals surface area (Å²) in [5, 5.41) is 6.73. The molecule has 0 aliphatic carbocycles. The Kier molecular flexibility index (Phi) is 3.88. The number of hydrogen-bond acceptors (Lipinski definition) is 3. The number of benzene rings is 1. The van der Waals surface area contributed by atoms with Crippen LogP contribution in [-0.2, 0) is 6.54 Å². The van der Waals surface area contributed by atoms with Gasteiger partial charge in [0.15, 0.2) is 5.76 Å². The smallest absolute Gasteiger partial charge is 0.408 e. The van der Waals surface area contributed by atoms with Gasteiger partial charge in [-0.25, -0.2) is 0 Å². The van der Waals surface area contributed by atoms with Gasteiger partial charge in [0.25, 0.3) is 5.91 Å². The zero-order valence-corrected chi connectivity index (χ0v) is 13.0. The maximum Gasteiger partial charge on any atom is 0.408 e. The van der Waals surface area contributed by atoms with Crippen molar-refractivity contribution in [2.45, 2.75) is 12.7 Å². The molecule has 2 heterocycles. The molecule has 9 heteroatoms. The summed E-state index contributed by atoms with van der Waals surface area (Å²) >= 11 is 3.31. The Morgan fingerprint density at radius 3 is 2.87 bits per heavy atom. The van der Waals surface area contributed by atoms with Gasteiger partial charge >= 0.3 is 6.18 Å². The van der Waals surface area contributed by atoms with Gasteiger partial charge in [-0.3, -0.25) is 9.48 Å². The van der Waals surface area contributed by atoms with Gasteiger partial charge in [0.05, 0.1) is 11.9 Å². The molecule has 2 aromatic heterocycles. The summed E-state index contributed by atoms with van der Waals surface area (Å²) in [6.07, 6.45) is -2.13. The van der Waals surface area contributed by atoms with Crippen LogP contribution < -0.4 is 5.32 Å². The van der Waals surface area contributed by atoms with Gasteiger partial charge in [-0.15, -0.1) is 0 Å². The van der Waals surface area contributed by atoms with E-state index in [-0.39, 0.29) is 11.4 Å². The molecule has 3 aromatic rings. The predicted molar refractivity (Wildman–Crippen MR) is 80.1 cm³/mol. The number of carbonyl (C=O) groups excluding carboxylic acids is 1. The van der Waals surface area contributed by atoms with Crippen LogP contribution in [0.1, 0.15) is 10.6 Å². The lowest BCUT2D eigenvalue weighted by atomic mass is 10.2. The monoisotopic (exact) mass is 387 g/mol. The molecule has 120 valence electrons. The lowest BCUT2D eigenvalue weighted by molar-refractivity contribution is -0.142. The molecule has 0 fully saturated rings. The van der Waals surface area contributed by atoms with Gasteiger partial charge in [-0.1, -0.05) is 15.9 Å². The molecule has 0 bridgehead atoms. The Bertz CT molecular complexity index is 870. The number of furan rings is 1. The summed E-state index contributed by atoms with van der Waals surface area (Å²) in [5.41, 5.74) is 0.687. The highest BCUT2D eigenvalue weighted by molar-refractivity contribution is 9.10. The van der Waals surface area contributed by atoms with Crippen molar-refractivity contribution < 1.29 is 22.4 Å². The van der Waals surface area contributed by atoms with E-state index < -0.39 is 18.6 Å². The molecule has 0 aliphatic heterocycles. The molecular weight excluding hydrogens is 379 g/mol. The van der Waals surface area contributed by atoms with Crippen molar-refractivity contribution in [1.29, 1.82) is 0 Å². The van der Waals surface area contributed by atoms with Crippen molar-refractivity contribution in [3.8, 4) is 0 Å². The number of aromatic nitrogens is 2. The molecule has 1 N–H and O–H groups in total. The third-order valence-corrected chi connectivity index (χ3v) is 3.43. The van der Waals surface area contributed by atoms with E-state index in [0.29, 0.717) is 10.3 Å². The molecule has 0 unspecified atom stereocenters. The van der Waals surface area contributed by atoms with E-state index in [0.717, 1.165) is 22.3 Å². The van der Waals surface area contributed by atoms with E-state index in [1.165, 1.54) is 0 Å². The van der Waals surface area contributed by atoms with Gasteiger partial charge < -0.3 is 9.73 Å². The van der Waals surface area contributed by atoms with Crippen molar-refractivity contribution in [1.82, 2.24) is 9.78 Å². The lowest BCUT2D eigenvalue weighted by Crippen LogP contribution is -2.17. The Hall–Kier alpha value is -2.29. The van der Waals surface area contributed by atoms with Crippen LogP contribution in [0.5, 0.6) is 0 Å². The van der Waals surface area contributed by atoms with E-state index in [2.05, 4.69) is 26.3 Å². The van der Waals surface area contributed by atoms with Crippen LogP contribution in [0.2, 0.25) is 0 Å². The number of nitrogens with one attached hydrogen (secondary N) is 1. The summed E-state index contributed by atoms with van der Waals surface area (Å²) in [7, 11) is 0. The van der Waals surface area contributed by atoms with Gasteiger partial charge in [-0.05, 0) is 24.3 Å². The molecule has 1 aromatic carbocycles. The van der Waals surface area contributed by atoms with E-state index in [4.69, 9.17) is 4.42 Å². The quantitative estimate of drug-likeness (QED) is 0.732. The SMILES string of the molecule is O=C(Nc1cnn(CC(F)(F)F)c1)c1cc2cc(Br)ccc2o1. The average molecular weight is 388 g/mol. The number of nitrogens with zero attached hydrogens (tertiary/aromatic N) is 2. The number of fused-ring (bicyclic) bond motifs is 1. The molecule has 0 aliphatic rings. The normalized spacial score (nSPS) is 11.8. The first-order chi connectivity index (χ1) is 10.8. The number of rotatable bonds is 3. The fraction of sp³-hybridized carbons (Fsp3) is 0.143. The summed E-state index contributed by atoms with van der Waals surface area (Å²) in [5.74, 6) is -0.509. The first kappa shape index (κ1) is 15.6. The van der Waals surface area contributed by atoms with E-state index in [9.17, 15) is 18.0 Å². The minimum absolute atomic E-state index is 0.0571. The van der Waals surface area contributed by atoms with Gasteiger partial charge in [-0.2, -0.15) is 18.3 Å². The Balaban J connectivity index is 1.75. The van der Waals surface area contributed by atoms with Crippen molar-refractivity contribution in [2.75, 3.05) is 5.32 Å². The molecule has 0 saturated carbocycles. The topological polar surface area (TPSA) is 60.1 Å². The van der Waals surface area contributed by atoms with Crippen molar-refractivity contribution in [3.63, 3.8) is 0 Å². The third-order valence-electron chi connectivity index (χ3n) is 2.93. The molecule has 0 saturated heterocycles. The second-order valence-electron chi connectivity index (χ2n) is 4.79. The van der Waals surface area contributed by atoms with Gasteiger partial charge in [0.2, 0.25) is 0 Å². The summed E-state index contributed by atoms with van der Waals surface area (Å²) in [6.45, 7) is -1.22. The van der Waals surface area contributed by atoms with Crippen molar-refractivity contribution in [2.24, 2.45) is 0 Å². The Morgan fingerprint density at radius 1 is 1.35 bits per heavy atom. The molecule has 23 heavy (non-hydrogen) atoms. The molecule has 0 atom stereocenters. The highest BCUT2D eigenvalue weighted by atomic mass is 79.9.